The third kappa shape index (κ3) is 2.24. The lowest BCUT2D eigenvalue weighted by Crippen LogP contribution is -2.27. The van der Waals surface area contributed by atoms with E-state index in [0.717, 1.165) is 19.6 Å². The first-order valence-electron chi connectivity index (χ1n) is 5.55. The fourth-order valence-electron chi connectivity index (χ4n) is 1.89. The summed E-state index contributed by atoms with van der Waals surface area (Å²) in [7, 11) is 1.72. The average molecular weight is 223 g/mol. The van der Waals surface area contributed by atoms with E-state index in [0.29, 0.717) is 11.7 Å². The first-order valence-corrected chi connectivity index (χ1v) is 5.55. The molecule has 0 saturated carbocycles. The molecule has 1 aliphatic heterocycles. The summed E-state index contributed by atoms with van der Waals surface area (Å²) in [5, 5.41) is 3.10. The maximum Gasteiger partial charge on any atom is 0.293 e. The number of aromatic nitrogens is 2. The van der Waals surface area contributed by atoms with E-state index >= 15 is 0 Å². The van der Waals surface area contributed by atoms with Crippen LogP contribution in [0.25, 0.3) is 0 Å². The van der Waals surface area contributed by atoms with E-state index in [1.54, 1.807) is 19.4 Å². The van der Waals surface area contributed by atoms with Crippen LogP contribution in [0.4, 0.5) is 5.82 Å². The summed E-state index contributed by atoms with van der Waals surface area (Å²) in [6.45, 7) is 3.62. The van der Waals surface area contributed by atoms with Gasteiger partial charge in [0.2, 0.25) is 0 Å². The maximum atomic E-state index is 11.7. The summed E-state index contributed by atoms with van der Waals surface area (Å²) < 4.78 is 6.98. The highest BCUT2D eigenvalue weighted by atomic mass is 16.5. The van der Waals surface area contributed by atoms with Crippen molar-refractivity contribution in [2.45, 2.75) is 19.4 Å². The third-order valence-electron chi connectivity index (χ3n) is 3.08. The van der Waals surface area contributed by atoms with Crippen LogP contribution in [-0.2, 0) is 11.8 Å². The highest BCUT2D eigenvalue weighted by molar-refractivity contribution is 5.30. The molecular weight excluding hydrogens is 206 g/mol. The maximum absolute atomic E-state index is 11.7. The SMILES string of the molecule is CC1OCCC1CNc1nccn(C)c1=O. The first-order chi connectivity index (χ1) is 7.68. The van der Waals surface area contributed by atoms with Crippen molar-refractivity contribution in [1.82, 2.24) is 9.55 Å². The zero-order valence-electron chi connectivity index (χ0n) is 9.64. The number of anilines is 1. The molecule has 2 atom stereocenters. The molecule has 16 heavy (non-hydrogen) atoms. The van der Waals surface area contributed by atoms with Gasteiger partial charge in [0.15, 0.2) is 5.82 Å². The quantitative estimate of drug-likeness (QED) is 0.816. The van der Waals surface area contributed by atoms with Gasteiger partial charge in [0.1, 0.15) is 0 Å². The fraction of sp³-hybridized carbons (Fsp3) is 0.636. The second kappa shape index (κ2) is 4.65. The van der Waals surface area contributed by atoms with Gasteiger partial charge in [-0.25, -0.2) is 4.98 Å². The second-order valence-electron chi connectivity index (χ2n) is 4.20. The van der Waals surface area contributed by atoms with Gasteiger partial charge in [-0.2, -0.15) is 0 Å². The molecule has 1 aromatic heterocycles. The fourth-order valence-corrected chi connectivity index (χ4v) is 1.89. The van der Waals surface area contributed by atoms with Crippen molar-refractivity contribution >= 4 is 5.82 Å². The Bertz CT molecular complexity index is 416. The predicted molar refractivity (Wildman–Crippen MR) is 61.5 cm³/mol. The summed E-state index contributed by atoms with van der Waals surface area (Å²) in [5.41, 5.74) is -0.0888. The second-order valence-corrected chi connectivity index (χ2v) is 4.20. The Morgan fingerprint density at radius 1 is 1.69 bits per heavy atom. The number of rotatable bonds is 3. The minimum atomic E-state index is -0.0888. The molecule has 1 saturated heterocycles. The van der Waals surface area contributed by atoms with Gasteiger partial charge >= 0.3 is 0 Å². The number of nitrogens with one attached hydrogen (secondary N) is 1. The van der Waals surface area contributed by atoms with Crippen LogP contribution in [0.5, 0.6) is 0 Å². The van der Waals surface area contributed by atoms with E-state index in [4.69, 9.17) is 4.74 Å². The molecule has 1 aliphatic rings. The number of ether oxygens (including phenoxy) is 1. The lowest BCUT2D eigenvalue weighted by molar-refractivity contribution is 0.108. The van der Waals surface area contributed by atoms with Crippen LogP contribution in [0.1, 0.15) is 13.3 Å². The van der Waals surface area contributed by atoms with Crippen molar-refractivity contribution in [2.24, 2.45) is 13.0 Å². The Kier molecular flexibility index (Phi) is 3.24. The molecule has 0 amide bonds. The van der Waals surface area contributed by atoms with Crippen LogP contribution in [-0.4, -0.2) is 28.8 Å². The zero-order chi connectivity index (χ0) is 11.5. The summed E-state index contributed by atoms with van der Waals surface area (Å²) in [6.07, 6.45) is 4.58. The minimum Gasteiger partial charge on any atom is -0.378 e. The molecule has 1 fully saturated rings. The van der Waals surface area contributed by atoms with Crippen molar-refractivity contribution in [3.8, 4) is 0 Å². The monoisotopic (exact) mass is 223 g/mol. The molecule has 1 aromatic rings. The van der Waals surface area contributed by atoms with Gasteiger partial charge in [-0.1, -0.05) is 0 Å². The highest BCUT2D eigenvalue weighted by Crippen LogP contribution is 2.20. The molecule has 5 heteroatoms. The molecule has 2 unspecified atom stereocenters. The van der Waals surface area contributed by atoms with Crippen molar-refractivity contribution in [1.29, 1.82) is 0 Å². The van der Waals surface area contributed by atoms with Crippen LogP contribution >= 0.6 is 0 Å². The summed E-state index contributed by atoms with van der Waals surface area (Å²) in [6, 6.07) is 0. The summed E-state index contributed by atoms with van der Waals surface area (Å²) in [4.78, 5) is 15.7. The van der Waals surface area contributed by atoms with Gasteiger partial charge in [-0.05, 0) is 13.3 Å². The Morgan fingerprint density at radius 3 is 3.19 bits per heavy atom. The van der Waals surface area contributed by atoms with Gasteiger partial charge in [-0.3, -0.25) is 4.79 Å². The van der Waals surface area contributed by atoms with Gasteiger partial charge in [0, 0.05) is 38.5 Å². The predicted octanol–water partition coefficient (Wildman–Crippen LogP) is 0.617. The van der Waals surface area contributed by atoms with Crippen molar-refractivity contribution in [2.75, 3.05) is 18.5 Å². The Morgan fingerprint density at radius 2 is 2.50 bits per heavy atom. The Balaban J connectivity index is 1.99. The van der Waals surface area contributed by atoms with Crippen molar-refractivity contribution < 1.29 is 4.74 Å². The molecule has 88 valence electrons. The van der Waals surface area contributed by atoms with Crippen molar-refractivity contribution in [3.05, 3.63) is 22.7 Å². The molecular formula is C11H17N3O2. The lowest BCUT2D eigenvalue weighted by Gasteiger charge is -2.14. The van der Waals surface area contributed by atoms with E-state index in [2.05, 4.69) is 17.2 Å². The molecule has 0 radical (unpaired) electrons. The van der Waals surface area contributed by atoms with Crippen LogP contribution in [0, 0.1) is 5.92 Å². The van der Waals surface area contributed by atoms with Crippen LogP contribution in [0.3, 0.4) is 0 Å². The average Bonchev–Trinajstić information content (AvgIpc) is 2.67. The van der Waals surface area contributed by atoms with E-state index in [1.165, 1.54) is 4.57 Å². The number of aryl methyl sites for hydroxylation is 1. The third-order valence-corrected chi connectivity index (χ3v) is 3.08. The number of hydrogen-bond donors (Lipinski definition) is 1. The Hall–Kier alpha value is -1.36. The van der Waals surface area contributed by atoms with E-state index in [1.807, 2.05) is 0 Å². The van der Waals surface area contributed by atoms with Gasteiger partial charge in [0.05, 0.1) is 6.10 Å². The Labute approximate surface area is 94.5 Å². The normalized spacial score (nSPS) is 24.6. The van der Waals surface area contributed by atoms with E-state index in [9.17, 15) is 4.79 Å². The van der Waals surface area contributed by atoms with Crippen molar-refractivity contribution in [3.63, 3.8) is 0 Å². The number of hydrogen-bond acceptors (Lipinski definition) is 4. The first kappa shape index (κ1) is 11.1. The minimum absolute atomic E-state index is 0.0888. The molecule has 0 aliphatic carbocycles. The highest BCUT2D eigenvalue weighted by Gasteiger charge is 2.24. The zero-order valence-corrected chi connectivity index (χ0v) is 9.64. The standard InChI is InChI=1S/C11H17N3O2/c1-8-9(3-6-16-8)7-13-10-11(15)14(2)5-4-12-10/h4-5,8-9H,3,6-7H2,1-2H3,(H,12,13). The van der Waals surface area contributed by atoms with Gasteiger partial charge in [0.25, 0.3) is 5.56 Å². The molecule has 1 N–H and O–H groups in total. The molecule has 5 nitrogen and oxygen atoms in total. The topological polar surface area (TPSA) is 56.1 Å². The van der Waals surface area contributed by atoms with Gasteiger partial charge in [-0.15, -0.1) is 0 Å². The van der Waals surface area contributed by atoms with Crippen LogP contribution in [0.2, 0.25) is 0 Å². The lowest BCUT2D eigenvalue weighted by atomic mass is 10.0. The number of nitrogens with zero attached hydrogens (tertiary/aromatic N) is 2. The summed E-state index contributed by atoms with van der Waals surface area (Å²) in [5.74, 6) is 0.885. The molecule has 0 spiro atoms. The molecule has 2 heterocycles. The molecule has 0 bridgehead atoms. The van der Waals surface area contributed by atoms with E-state index < -0.39 is 0 Å². The molecule has 0 aromatic carbocycles. The van der Waals surface area contributed by atoms with Crippen LogP contribution < -0.4 is 10.9 Å². The molecule has 2 rings (SSSR count). The van der Waals surface area contributed by atoms with Gasteiger partial charge < -0.3 is 14.6 Å². The van der Waals surface area contributed by atoms with Crippen LogP contribution in [0.15, 0.2) is 17.2 Å². The largest absolute Gasteiger partial charge is 0.378 e. The van der Waals surface area contributed by atoms with E-state index in [-0.39, 0.29) is 11.7 Å². The summed E-state index contributed by atoms with van der Waals surface area (Å²) >= 11 is 0. The smallest absolute Gasteiger partial charge is 0.293 e.